The van der Waals surface area contributed by atoms with Crippen molar-refractivity contribution in [1.82, 2.24) is 4.90 Å². The van der Waals surface area contributed by atoms with Gasteiger partial charge in [0.05, 0.1) is 0 Å². The van der Waals surface area contributed by atoms with Crippen molar-refractivity contribution in [2.24, 2.45) is 5.73 Å². The van der Waals surface area contributed by atoms with Gasteiger partial charge in [0, 0.05) is 37.3 Å². The highest BCUT2D eigenvalue weighted by molar-refractivity contribution is 6.30. The zero-order valence-electron chi connectivity index (χ0n) is 9.19. The van der Waals surface area contributed by atoms with Gasteiger partial charge in [0.1, 0.15) is 0 Å². The number of hydrogen-bond donors (Lipinski definition) is 2. The third kappa shape index (κ3) is 2.23. The van der Waals surface area contributed by atoms with E-state index in [4.69, 9.17) is 22.4 Å². The summed E-state index contributed by atoms with van der Waals surface area (Å²) in [6, 6.07) is 6.25. The van der Waals surface area contributed by atoms with Gasteiger partial charge in [0.15, 0.2) is 0 Å². The highest BCUT2D eigenvalue weighted by Crippen LogP contribution is 2.34. The van der Waals surface area contributed by atoms with Gasteiger partial charge in [-0.2, -0.15) is 0 Å². The number of benzene rings is 1. The van der Waals surface area contributed by atoms with Crippen LogP contribution in [0.2, 0.25) is 5.02 Å². The Morgan fingerprint density at radius 1 is 1.50 bits per heavy atom. The molecule has 0 fully saturated rings. The molecule has 3 N–H and O–H groups in total. The van der Waals surface area contributed by atoms with E-state index in [9.17, 15) is 0 Å². The lowest BCUT2D eigenvalue weighted by atomic mass is 10.1. The summed E-state index contributed by atoms with van der Waals surface area (Å²) in [6.45, 7) is 2.61. The maximum atomic E-state index is 8.87. The first-order valence-corrected chi connectivity index (χ1v) is 5.97. The van der Waals surface area contributed by atoms with Gasteiger partial charge in [-0.05, 0) is 29.7 Å². The third-order valence-corrected chi connectivity index (χ3v) is 3.34. The molecule has 0 saturated heterocycles. The van der Waals surface area contributed by atoms with Crippen LogP contribution in [0.15, 0.2) is 18.2 Å². The summed E-state index contributed by atoms with van der Waals surface area (Å²) in [5.41, 5.74) is 8.36. The standard InChI is InChI=1S/C12H17ClN2O/c13-10-3-2-9-8-15(4-1-5-16)12(7-14)11(9)6-10/h2-3,6,12,16H,1,4-5,7-8,14H2. The Balaban J connectivity index is 2.19. The van der Waals surface area contributed by atoms with Crippen LogP contribution in [-0.4, -0.2) is 29.7 Å². The Morgan fingerprint density at radius 2 is 2.31 bits per heavy atom. The molecule has 0 aromatic heterocycles. The van der Waals surface area contributed by atoms with E-state index in [-0.39, 0.29) is 12.6 Å². The molecule has 0 amide bonds. The average Bonchev–Trinajstić information content (AvgIpc) is 2.63. The predicted molar refractivity (Wildman–Crippen MR) is 65.4 cm³/mol. The fraction of sp³-hybridized carbons (Fsp3) is 0.500. The first kappa shape index (κ1) is 11.9. The SMILES string of the molecule is NCC1c2cc(Cl)ccc2CN1CCCO. The van der Waals surface area contributed by atoms with Crippen molar-refractivity contribution in [1.29, 1.82) is 0 Å². The van der Waals surface area contributed by atoms with Gasteiger partial charge >= 0.3 is 0 Å². The van der Waals surface area contributed by atoms with E-state index in [1.807, 2.05) is 12.1 Å². The quantitative estimate of drug-likeness (QED) is 0.840. The number of nitrogens with two attached hydrogens (primary N) is 1. The van der Waals surface area contributed by atoms with E-state index in [2.05, 4.69) is 11.0 Å². The highest BCUT2D eigenvalue weighted by atomic mass is 35.5. The fourth-order valence-corrected chi connectivity index (χ4v) is 2.51. The van der Waals surface area contributed by atoms with Crippen LogP contribution in [-0.2, 0) is 6.54 Å². The molecule has 0 spiro atoms. The summed E-state index contributed by atoms with van der Waals surface area (Å²) >= 11 is 6.00. The Kier molecular flexibility index (Phi) is 3.82. The van der Waals surface area contributed by atoms with E-state index in [0.717, 1.165) is 24.5 Å². The van der Waals surface area contributed by atoms with Crippen LogP contribution in [0.3, 0.4) is 0 Å². The molecule has 3 nitrogen and oxygen atoms in total. The van der Waals surface area contributed by atoms with Crippen LogP contribution in [0, 0.1) is 0 Å². The van der Waals surface area contributed by atoms with Gasteiger partial charge in [-0.25, -0.2) is 0 Å². The molecule has 1 aliphatic rings. The van der Waals surface area contributed by atoms with Gasteiger partial charge in [0.25, 0.3) is 0 Å². The lowest BCUT2D eigenvalue weighted by molar-refractivity contribution is 0.190. The van der Waals surface area contributed by atoms with E-state index in [1.54, 1.807) is 0 Å². The monoisotopic (exact) mass is 240 g/mol. The largest absolute Gasteiger partial charge is 0.396 e. The van der Waals surface area contributed by atoms with Crippen LogP contribution in [0.4, 0.5) is 0 Å². The van der Waals surface area contributed by atoms with E-state index in [1.165, 1.54) is 11.1 Å². The first-order valence-electron chi connectivity index (χ1n) is 5.59. The van der Waals surface area contributed by atoms with Crippen LogP contribution in [0.5, 0.6) is 0 Å². The molecule has 1 aliphatic heterocycles. The topological polar surface area (TPSA) is 49.5 Å². The molecule has 1 atom stereocenters. The van der Waals surface area contributed by atoms with Crippen LogP contribution in [0.25, 0.3) is 0 Å². The Hall–Kier alpha value is -0.610. The Bertz CT molecular complexity index is 370. The van der Waals surface area contributed by atoms with E-state index >= 15 is 0 Å². The molecule has 0 aliphatic carbocycles. The van der Waals surface area contributed by atoms with Gasteiger partial charge < -0.3 is 10.8 Å². The molecular formula is C12H17ClN2O. The lowest BCUT2D eigenvalue weighted by Gasteiger charge is -2.23. The normalized spacial score (nSPS) is 20.1. The van der Waals surface area contributed by atoms with Crippen molar-refractivity contribution < 1.29 is 5.11 Å². The van der Waals surface area contributed by atoms with E-state index in [0.29, 0.717) is 6.54 Å². The maximum Gasteiger partial charge on any atom is 0.0477 e. The molecule has 0 radical (unpaired) electrons. The van der Waals surface area contributed by atoms with Crippen LogP contribution >= 0.6 is 11.6 Å². The fourth-order valence-electron chi connectivity index (χ4n) is 2.33. The molecule has 88 valence electrons. The minimum absolute atomic E-state index is 0.227. The number of nitrogens with zero attached hydrogens (tertiary/aromatic N) is 1. The minimum atomic E-state index is 0.227. The van der Waals surface area contributed by atoms with Gasteiger partial charge in [0.2, 0.25) is 0 Å². The van der Waals surface area contributed by atoms with Gasteiger partial charge in [-0.15, -0.1) is 0 Å². The average molecular weight is 241 g/mol. The first-order chi connectivity index (χ1) is 7.76. The lowest BCUT2D eigenvalue weighted by Crippen LogP contribution is -2.29. The summed E-state index contributed by atoms with van der Waals surface area (Å²) in [7, 11) is 0. The molecule has 1 aromatic carbocycles. The molecule has 1 aromatic rings. The number of hydrogen-bond acceptors (Lipinski definition) is 3. The second-order valence-corrected chi connectivity index (χ2v) is 4.58. The molecule has 1 heterocycles. The van der Waals surface area contributed by atoms with E-state index < -0.39 is 0 Å². The second kappa shape index (κ2) is 5.15. The zero-order valence-corrected chi connectivity index (χ0v) is 9.95. The summed E-state index contributed by atoms with van der Waals surface area (Å²) in [6.07, 6.45) is 0.790. The van der Waals surface area contributed by atoms with Crippen molar-refractivity contribution in [2.45, 2.75) is 19.0 Å². The number of aliphatic hydroxyl groups is 1. The molecule has 16 heavy (non-hydrogen) atoms. The number of fused-ring (bicyclic) bond motifs is 1. The molecule has 4 heteroatoms. The number of halogens is 1. The van der Waals surface area contributed by atoms with Crippen molar-refractivity contribution in [3.8, 4) is 0 Å². The zero-order chi connectivity index (χ0) is 11.5. The number of rotatable bonds is 4. The predicted octanol–water partition coefficient (Wildman–Crippen LogP) is 1.54. The molecule has 2 rings (SSSR count). The summed E-state index contributed by atoms with van der Waals surface area (Å²) in [5.74, 6) is 0. The Labute approximate surface area is 101 Å². The van der Waals surface area contributed by atoms with Gasteiger partial charge in [-0.3, -0.25) is 4.90 Å². The van der Waals surface area contributed by atoms with Crippen molar-refractivity contribution in [3.05, 3.63) is 34.3 Å². The second-order valence-electron chi connectivity index (χ2n) is 4.14. The summed E-state index contributed by atoms with van der Waals surface area (Å²) < 4.78 is 0. The summed E-state index contributed by atoms with van der Waals surface area (Å²) in [4.78, 5) is 2.30. The third-order valence-electron chi connectivity index (χ3n) is 3.11. The highest BCUT2D eigenvalue weighted by Gasteiger charge is 2.28. The Morgan fingerprint density at radius 3 is 3.00 bits per heavy atom. The summed E-state index contributed by atoms with van der Waals surface area (Å²) in [5, 5.41) is 9.63. The minimum Gasteiger partial charge on any atom is -0.396 e. The molecule has 1 unspecified atom stereocenters. The molecule has 0 saturated carbocycles. The number of aliphatic hydroxyl groups excluding tert-OH is 1. The van der Waals surface area contributed by atoms with Crippen LogP contribution in [0.1, 0.15) is 23.6 Å². The molecule has 0 bridgehead atoms. The van der Waals surface area contributed by atoms with Crippen molar-refractivity contribution in [3.63, 3.8) is 0 Å². The van der Waals surface area contributed by atoms with Crippen molar-refractivity contribution in [2.75, 3.05) is 19.7 Å². The maximum absolute atomic E-state index is 8.87. The van der Waals surface area contributed by atoms with Crippen LogP contribution < -0.4 is 5.73 Å². The van der Waals surface area contributed by atoms with Gasteiger partial charge in [-0.1, -0.05) is 17.7 Å². The molecular weight excluding hydrogens is 224 g/mol. The smallest absolute Gasteiger partial charge is 0.0477 e. The van der Waals surface area contributed by atoms with Crippen molar-refractivity contribution >= 4 is 11.6 Å².